The Kier molecular flexibility index (Phi) is 6.42. The van der Waals surface area contributed by atoms with Gasteiger partial charge in [-0.2, -0.15) is 0 Å². The maximum absolute atomic E-state index is 12.4. The topological polar surface area (TPSA) is 42.0 Å². The predicted molar refractivity (Wildman–Crippen MR) is 99.8 cm³/mol. The SMILES string of the molecule is O=C(Nc1ccccc1-c1ccc(Cl)cc1)c1cccnc1Cl.[Al]. The van der Waals surface area contributed by atoms with Gasteiger partial charge in [-0.3, -0.25) is 4.79 Å². The third-order valence-electron chi connectivity index (χ3n) is 3.33. The van der Waals surface area contributed by atoms with Gasteiger partial charge in [0.2, 0.25) is 0 Å². The molecule has 3 aromatic rings. The van der Waals surface area contributed by atoms with Crippen LogP contribution in [0.5, 0.6) is 0 Å². The van der Waals surface area contributed by atoms with Crippen molar-refractivity contribution < 1.29 is 4.79 Å². The molecule has 0 saturated carbocycles. The lowest BCUT2D eigenvalue weighted by Gasteiger charge is -2.12. The van der Waals surface area contributed by atoms with E-state index >= 15 is 0 Å². The van der Waals surface area contributed by atoms with Crippen molar-refractivity contribution in [1.82, 2.24) is 4.98 Å². The minimum Gasteiger partial charge on any atom is -0.321 e. The molecule has 3 radical (unpaired) electrons. The Balaban J connectivity index is 0.00000208. The van der Waals surface area contributed by atoms with Crippen LogP contribution >= 0.6 is 23.2 Å². The molecule has 0 aliphatic heterocycles. The van der Waals surface area contributed by atoms with Crippen molar-refractivity contribution in [2.45, 2.75) is 0 Å². The van der Waals surface area contributed by atoms with Gasteiger partial charge in [0.05, 0.1) is 5.56 Å². The van der Waals surface area contributed by atoms with E-state index in [4.69, 9.17) is 23.2 Å². The molecule has 24 heavy (non-hydrogen) atoms. The van der Waals surface area contributed by atoms with Gasteiger partial charge in [0.1, 0.15) is 5.15 Å². The van der Waals surface area contributed by atoms with Crippen LogP contribution in [0.2, 0.25) is 10.2 Å². The molecular weight excluding hydrogens is 358 g/mol. The van der Waals surface area contributed by atoms with E-state index < -0.39 is 0 Å². The molecular formula is C18H12AlCl2N2O. The molecule has 0 unspecified atom stereocenters. The first-order chi connectivity index (χ1) is 11.1. The number of carbonyl (C=O) groups excluding carboxylic acids is 1. The number of amides is 1. The maximum Gasteiger partial charge on any atom is 0.258 e. The average Bonchev–Trinajstić information content (AvgIpc) is 2.56. The van der Waals surface area contributed by atoms with Crippen LogP contribution in [0.1, 0.15) is 10.4 Å². The third kappa shape index (κ3) is 4.17. The van der Waals surface area contributed by atoms with E-state index in [0.29, 0.717) is 16.3 Å². The van der Waals surface area contributed by atoms with Crippen LogP contribution in [-0.4, -0.2) is 28.3 Å². The number of hydrogen-bond acceptors (Lipinski definition) is 2. The smallest absolute Gasteiger partial charge is 0.258 e. The first-order valence-electron chi connectivity index (χ1n) is 6.92. The Morgan fingerprint density at radius 3 is 2.33 bits per heavy atom. The number of nitrogens with one attached hydrogen (secondary N) is 1. The largest absolute Gasteiger partial charge is 0.321 e. The number of pyridine rings is 1. The Morgan fingerprint density at radius 2 is 1.62 bits per heavy atom. The van der Waals surface area contributed by atoms with Gasteiger partial charge in [-0.15, -0.1) is 0 Å². The summed E-state index contributed by atoms with van der Waals surface area (Å²) in [5.41, 5.74) is 2.89. The molecule has 1 N–H and O–H groups in total. The lowest BCUT2D eigenvalue weighted by molar-refractivity contribution is 0.102. The minimum absolute atomic E-state index is 0. The van der Waals surface area contributed by atoms with Gasteiger partial charge in [0, 0.05) is 39.8 Å². The summed E-state index contributed by atoms with van der Waals surface area (Å²) in [5, 5.41) is 3.72. The molecule has 0 aliphatic rings. The maximum atomic E-state index is 12.4. The number of benzene rings is 2. The molecule has 1 heterocycles. The number of halogens is 2. The zero-order valence-corrected chi connectivity index (χ0v) is 15.2. The lowest BCUT2D eigenvalue weighted by atomic mass is 10.0. The third-order valence-corrected chi connectivity index (χ3v) is 3.89. The van der Waals surface area contributed by atoms with Crippen molar-refractivity contribution in [1.29, 1.82) is 0 Å². The summed E-state index contributed by atoms with van der Waals surface area (Å²) in [7, 11) is 0. The van der Waals surface area contributed by atoms with Crippen LogP contribution in [0.4, 0.5) is 5.69 Å². The van der Waals surface area contributed by atoms with Gasteiger partial charge < -0.3 is 5.32 Å². The molecule has 0 spiro atoms. The Hall–Kier alpha value is -1.83. The molecule has 1 amide bonds. The highest BCUT2D eigenvalue weighted by Crippen LogP contribution is 2.29. The predicted octanol–water partition coefficient (Wildman–Crippen LogP) is 4.93. The number of para-hydroxylation sites is 1. The van der Waals surface area contributed by atoms with Gasteiger partial charge in [0.15, 0.2) is 0 Å². The fourth-order valence-corrected chi connectivity index (χ4v) is 2.55. The van der Waals surface area contributed by atoms with Crippen molar-refractivity contribution in [3.05, 3.63) is 82.6 Å². The Morgan fingerprint density at radius 1 is 0.917 bits per heavy atom. The van der Waals surface area contributed by atoms with Gasteiger partial charge >= 0.3 is 0 Å². The van der Waals surface area contributed by atoms with E-state index in [0.717, 1.165) is 11.1 Å². The monoisotopic (exact) mass is 369 g/mol. The minimum atomic E-state index is -0.301. The second kappa shape index (κ2) is 8.32. The van der Waals surface area contributed by atoms with Crippen molar-refractivity contribution in [3.8, 4) is 11.1 Å². The second-order valence-electron chi connectivity index (χ2n) is 4.85. The highest BCUT2D eigenvalue weighted by atomic mass is 35.5. The molecule has 1 aromatic heterocycles. The normalized spacial score (nSPS) is 9.92. The molecule has 0 saturated heterocycles. The van der Waals surface area contributed by atoms with Crippen molar-refractivity contribution in [3.63, 3.8) is 0 Å². The van der Waals surface area contributed by atoms with Crippen LogP contribution < -0.4 is 5.32 Å². The molecule has 2 aromatic carbocycles. The van der Waals surface area contributed by atoms with E-state index in [2.05, 4.69) is 10.3 Å². The van der Waals surface area contributed by atoms with E-state index in [1.54, 1.807) is 18.3 Å². The van der Waals surface area contributed by atoms with Gasteiger partial charge in [-0.05, 0) is 35.9 Å². The molecule has 3 nitrogen and oxygen atoms in total. The van der Waals surface area contributed by atoms with Crippen molar-refractivity contribution in [2.24, 2.45) is 0 Å². The van der Waals surface area contributed by atoms with Crippen LogP contribution in [0.25, 0.3) is 11.1 Å². The average molecular weight is 370 g/mol. The fourth-order valence-electron chi connectivity index (χ4n) is 2.22. The van der Waals surface area contributed by atoms with E-state index in [1.807, 2.05) is 48.5 Å². The van der Waals surface area contributed by atoms with Gasteiger partial charge in [-0.1, -0.05) is 53.5 Å². The number of carbonyl (C=O) groups is 1. The molecule has 0 aliphatic carbocycles. The van der Waals surface area contributed by atoms with Crippen LogP contribution in [0, 0.1) is 0 Å². The first kappa shape index (κ1) is 18.5. The molecule has 117 valence electrons. The second-order valence-corrected chi connectivity index (χ2v) is 5.64. The van der Waals surface area contributed by atoms with E-state index in [-0.39, 0.29) is 28.4 Å². The Bertz CT molecular complexity index is 854. The molecule has 3 rings (SSSR count). The lowest BCUT2D eigenvalue weighted by Crippen LogP contribution is -2.13. The zero-order chi connectivity index (χ0) is 16.2. The Labute approximate surface area is 160 Å². The van der Waals surface area contributed by atoms with Gasteiger partial charge in [0.25, 0.3) is 5.91 Å². The number of anilines is 1. The summed E-state index contributed by atoms with van der Waals surface area (Å²) in [5.74, 6) is -0.301. The quantitative estimate of drug-likeness (QED) is 0.525. The molecule has 0 bridgehead atoms. The number of rotatable bonds is 3. The van der Waals surface area contributed by atoms with Crippen LogP contribution in [-0.2, 0) is 0 Å². The van der Waals surface area contributed by atoms with Crippen molar-refractivity contribution >= 4 is 52.2 Å². The fraction of sp³-hybridized carbons (Fsp3) is 0. The summed E-state index contributed by atoms with van der Waals surface area (Å²) in [6.45, 7) is 0. The highest BCUT2D eigenvalue weighted by Gasteiger charge is 2.13. The van der Waals surface area contributed by atoms with E-state index in [1.165, 1.54) is 0 Å². The van der Waals surface area contributed by atoms with E-state index in [9.17, 15) is 4.79 Å². The summed E-state index contributed by atoms with van der Waals surface area (Å²) in [4.78, 5) is 16.3. The molecule has 6 heteroatoms. The summed E-state index contributed by atoms with van der Waals surface area (Å²) in [6.07, 6.45) is 1.54. The molecule has 0 atom stereocenters. The molecule has 0 fully saturated rings. The highest BCUT2D eigenvalue weighted by molar-refractivity contribution is 6.33. The van der Waals surface area contributed by atoms with Crippen molar-refractivity contribution in [2.75, 3.05) is 5.32 Å². The van der Waals surface area contributed by atoms with Gasteiger partial charge in [-0.25, -0.2) is 4.98 Å². The number of hydrogen-bond donors (Lipinski definition) is 1. The zero-order valence-electron chi connectivity index (χ0n) is 12.5. The van der Waals surface area contributed by atoms with Crippen LogP contribution in [0.3, 0.4) is 0 Å². The summed E-state index contributed by atoms with van der Waals surface area (Å²) >= 11 is 11.9. The number of nitrogens with zero attached hydrogens (tertiary/aromatic N) is 1. The summed E-state index contributed by atoms with van der Waals surface area (Å²) < 4.78 is 0. The number of aromatic nitrogens is 1. The first-order valence-corrected chi connectivity index (χ1v) is 7.67. The summed E-state index contributed by atoms with van der Waals surface area (Å²) in [6, 6.07) is 18.3. The van der Waals surface area contributed by atoms with Crippen LogP contribution in [0.15, 0.2) is 66.9 Å². The standard InChI is InChI=1S/C18H12Cl2N2O.Al/c19-13-9-7-12(8-10-13)14-4-1-2-6-16(14)22-18(23)15-5-3-11-21-17(15)20;/h1-11H,(H,22,23);.